The van der Waals surface area contributed by atoms with Crippen LogP contribution in [0.2, 0.25) is 0 Å². The van der Waals surface area contributed by atoms with Gasteiger partial charge in [0.1, 0.15) is 5.75 Å². The lowest BCUT2D eigenvalue weighted by Crippen LogP contribution is -2.59. The zero-order chi connectivity index (χ0) is 22.8. The van der Waals surface area contributed by atoms with E-state index < -0.39 is 11.6 Å². The molecule has 184 valence electrons. The van der Waals surface area contributed by atoms with E-state index in [1.54, 1.807) is 4.90 Å². The monoisotopic (exact) mass is 468 g/mol. The summed E-state index contributed by atoms with van der Waals surface area (Å²) in [6.07, 6.45) is 9.92. The summed E-state index contributed by atoms with van der Waals surface area (Å²) in [6, 6.07) is 8.06. The molecule has 2 heterocycles. The Morgan fingerprint density at radius 2 is 1.56 bits per heavy atom. The predicted octanol–water partition coefficient (Wildman–Crippen LogP) is 4.58. The summed E-state index contributed by atoms with van der Waals surface area (Å²) in [5, 5.41) is 3.25. The summed E-state index contributed by atoms with van der Waals surface area (Å²) in [7, 11) is 0. The number of nitrogens with one attached hydrogen (secondary N) is 1. The van der Waals surface area contributed by atoms with Crippen molar-refractivity contribution in [2.45, 2.75) is 75.3 Å². The van der Waals surface area contributed by atoms with E-state index in [1.165, 1.54) is 37.7 Å². The van der Waals surface area contributed by atoms with Gasteiger partial charge >= 0.3 is 6.09 Å². The number of rotatable bonds is 2. The minimum absolute atomic E-state index is 0.261. The van der Waals surface area contributed by atoms with Gasteiger partial charge in [-0.3, -0.25) is 0 Å². The van der Waals surface area contributed by atoms with E-state index in [0.717, 1.165) is 50.6 Å². The summed E-state index contributed by atoms with van der Waals surface area (Å²) in [5.41, 5.74) is 1.29. The second kappa shape index (κ2) is 8.19. The van der Waals surface area contributed by atoms with Crippen LogP contribution >= 0.6 is 0 Å². The van der Waals surface area contributed by atoms with E-state index in [2.05, 4.69) is 17.4 Å². The molecule has 7 fully saturated rings. The Kier molecular flexibility index (Phi) is 5.20. The number of nitrogens with zero attached hydrogens (tertiary/aromatic N) is 1. The Bertz CT molecular complexity index is 891. The first-order chi connectivity index (χ1) is 16.6. The fourth-order valence-corrected chi connectivity index (χ4v) is 8.01. The lowest BCUT2D eigenvalue weighted by Gasteiger charge is -2.57. The lowest BCUT2D eigenvalue weighted by molar-refractivity contribution is -0.390. The van der Waals surface area contributed by atoms with Crippen molar-refractivity contribution in [2.75, 3.05) is 26.2 Å². The first-order valence-electron chi connectivity index (χ1n) is 13.5. The molecule has 4 bridgehead atoms. The topological polar surface area (TPSA) is 69.3 Å². The van der Waals surface area contributed by atoms with Crippen LogP contribution in [0.4, 0.5) is 4.79 Å². The Balaban J connectivity index is 0.967. The fourth-order valence-electron chi connectivity index (χ4n) is 8.01. The Hall–Kier alpha value is -1.67. The quantitative estimate of drug-likeness (QED) is 0.641. The van der Waals surface area contributed by atoms with Crippen LogP contribution in [-0.4, -0.2) is 48.7 Å². The van der Waals surface area contributed by atoms with Crippen LogP contribution in [0.5, 0.6) is 5.75 Å². The van der Waals surface area contributed by atoms with Crippen LogP contribution in [-0.2, 0) is 14.5 Å². The van der Waals surface area contributed by atoms with Crippen molar-refractivity contribution in [1.82, 2.24) is 10.2 Å². The van der Waals surface area contributed by atoms with Gasteiger partial charge in [0, 0.05) is 50.9 Å². The number of hydrogen-bond donors (Lipinski definition) is 1. The number of piperazine rings is 1. The van der Waals surface area contributed by atoms with E-state index in [0.29, 0.717) is 36.6 Å². The van der Waals surface area contributed by atoms with Gasteiger partial charge in [-0.2, -0.15) is 9.78 Å². The van der Waals surface area contributed by atoms with Gasteiger partial charge in [0.05, 0.1) is 0 Å². The third kappa shape index (κ3) is 3.58. The molecule has 1 aromatic rings. The normalized spacial score (nSPS) is 43.1. The molecule has 0 atom stereocenters. The highest BCUT2D eigenvalue weighted by molar-refractivity contribution is 5.70. The number of amides is 1. The molecule has 7 heteroatoms. The average molecular weight is 469 g/mol. The predicted molar refractivity (Wildman–Crippen MR) is 124 cm³/mol. The highest BCUT2D eigenvalue weighted by Crippen LogP contribution is 2.64. The summed E-state index contributed by atoms with van der Waals surface area (Å²) >= 11 is 0. The molecule has 0 unspecified atom stereocenters. The molecule has 2 saturated heterocycles. The zero-order valence-corrected chi connectivity index (χ0v) is 19.9. The molecule has 5 aliphatic carbocycles. The third-order valence-corrected chi connectivity index (χ3v) is 9.62. The standard InChI is InChI=1S/C27H36N2O5/c30-25(29-11-9-28-10-12-29)31-24-3-1-20(2-4-24)21-5-7-26(8-6-21)32-27(34-33-26)22-14-18-13-19(16-22)17-23(27)15-18/h1-4,18-19,21-23,28H,5-17H2/t18?,19?,21-,22?,23?,26+,27-. The number of hydrogen-bond acceptors (Lipinski definition) is 6. The van der Waals surface area contributed by atoms with Crippen LogP contribution in [0.15, 0.2) is 24.3 Å². The smallest absolute Gasteiger partial charge is 0.410 e. The largest absolute Gasteiger partial charge is 0.415 e. The Morgan fingerprint density at radius 1 is 0.912 bits per heavy atom. The first-order valence-corrected chi connectivity index (χ1v) is 13.5. The molecule has 0 aromatic heterocycles. The number of benzene rings is 1. The van der Waals surface area contributed by atoms with Gasteiger partial charge in [-0.05, 0) is 80.4 Å². The molecule has 2 aliphatic heterocycles. The second-order valence-corrected chi connectivity index (χ2v) is 11.7. The maximum absolute atomic E-state index is 12.4. The highest BCUT2D eigenvalue weighted by Gasteiger charge is 2.66. The van der Waals surface area contributed by atoms with Crippen molar-refractivity contribution in [3.63, 3.8) is 0 Å². The molecule has 34 heavy (non-hydrogen) atoms. The van der Waals surface area contributed by atoms with E-state index in [4.69, 9.17) is 19.2 Å². The van der Waals surface area contributed by atoms with Gasteiger partial charge in [0.2, 0.25) is 11.6 Å². The minimum atomic E-state index is -0.565. The maximum Gasteiger partial charge on any atom is 0.415 e. The third-order valence-electron chi connectivity index (χ3n) is 9.62. The van der Waals surface area contributed by atoms with Crippen molar-refractivity contribution in [3.8, 4) is 5.75 Å². The van der Waals surface area contributed by atoms with Crippen molar-refractivity contribution in [1.29, 1.82) is 0 Å². The minimum Gasteiger partial charge on any atom is -0.410 e. The first kappa shape index (κ1) is 21.6. The molecule has 5 saturated carbocycles. The number of carbonyl (C=O) groups is 1. The molecule has 7 aliphatic rings. The SMILES string of the molecule is O=C(Oc1ccc([C@H]2CC[C@]3(CC2)OO[C@]2(O3)C3CC4CC(C3)CC2C4)cc1)N1CCNCC1. The molecule has 2 spiro atoms. The lowest BCUT2D eigenvalue weighted by atomic mass is 9.53. The average Bonchev–Trinajstić information content (AvgIpc) is 3.23. The summed E-state index contributed by atoms with van der Waals surface area (Å²) in [6.45, 7) is 3.02. The van der Waals surface area contributed by atoms with Crippen molar-refractivity contribution in [2.24, 2.45) is 23.7 Å². The summed E-state index contributed by atoms with van der Waals surface area (Å²) in [4.78, 5) is 26.4. The van der Waals surface area contributed by atoms with E-state index in [1.807, 2.05) is 12.1 Å². The van der Waals surface area contributed by atoms with E-state index >= 15 is 0 Å². The summed E-state index contributed by atoms with van der Waals surface area (Å²) < 4.78 is 12.4. The van der Waals surface area contributed by atoms with Crippen LogP contribution in [0.3, 0.4) is 0 Å². The molecule has 0 radical (unpaired) electrons. The second-order valence-electron chi connectivity index (χ2n) is 11.7. The molecule has 1 amide bonds. The van der Waals surface area contributed by atoms with Crippen LogP contribution in [0.1, 0.15) is 69.3 Å². The molecule has 1 N–H and O–H groups in total. The summed E-state index contributed by atoms with van der Waals surface area (Å²) in [5.74, 6) is 2.82. The number of carbonyl (C=O) groups excluding carboxylic acids is 1. The molecular weight excluding hydrogens is 432 g/mol. The molecule has 8 rings (SSSR count). The van der Waals surface area contributed by atoms with Gasteiger partial charge < -0.3 is 19.7 Å². The number of ether oxygens (including phenoxy) is 2. The van der Waals surface area contributed by atoms with Gasteiger partial charge in [0.15, 0.2) is 0 Å². The fraction of sp³-hybridized carbons (Fsp3) is 0.741. The van der Waals surface area contributed by atoms with E-state index in [9.17, 15) is 4.79 Å². The van der Waals surface area contributed by atoms with Crippen LogP contribution in [0, 0.1) is 23.7 Å². The highest BCUT2D eigenvalue weighted by atomic mass is 17.3. The molecular formula is C27H36N2O5. The van der Waals surface area contributed by atoms with Crippen LogP contribution < -0.4 is 10.1 Å². The Morgan fingerprint density at radius 3 is 2.21 bits per heavy atom. The van der Waals surface area contributed by atoms with Crippen molar-refractivity contribution < 1.29 is 24.0 Å². The van der Waals surface area contributed by atoms with Crippen LogP contribution in [0.25, 0.3) is 0 Å². The Labute approximate surface area is 201 Å². The zero-order valence-electron chi connectivity index (χ0n) is 19.9. The molecule has 1 aromatic carbocycles. The van der Waals surface area contributed by atoms with E-state index in [-0.39, 0.29) is 6.09 Å². The van der Waals surface area contributed by atoms with Crippen molar-refractivity contribution >= 4 is 6.09 Å². The van der Waals surface area contributed by atoms with Gasteiger partial charge in [-0.1, -0.05) is 12.1 Å². The van der Waals surface area contributed by atoms with Crippen molar-refractivity contribution in [3.05, 3.63) is 29.8 Å². The molecule has 7 nitrogen and oxygen atoms in total. The van der Waals surface area contributed by atoms with Gasteiger partial charge in [0.25, 0.3) is 0 Å². The van der Waals surface area contributed by atoms with Gasteiger partial charge in [-0.25, -0.2) is 4.79 Å². The maximum atomic E-state index is 12.4. The van der Waals surface area contributed by atoms with Gasteiger partial charge in [-0.15, -0.1) is 0 Å².